The fourth-order valence-corrected chi connectivity index (χ4v) is 3.02. The number of amides is 3. The third-order valence-corrected chi connectivity index (χ3v) is 4.31. The van der Waals surface area contributed by atoms with Gasteiger partial charge in [-0.25, -0.2) is 4.79 Å². The predicted octanol–water partition coefficient (Wildman–Crippen LogP) is 4.41. The molecule has 0 atom stereocenters. The van der Waals surface area contributed by atoms with E-state index in [0.717, 1.165) is 5.56 Å². The number of hydrogen-bond donors (Lipinski definition) is 2. The molecule has 0 spiro atoms. The monoisotopic (exact) mass is 396 g/mol. The molecular weight excluding hydrogens is 387 g/mol. The molecule has 1 fully saturated rings. The van der Waals surface area contributed by atoms with Gasteiger partial charge in [0, 0.05) is 10.6 Å². The predicted molar refractivity (Wildman–Crippen MR) is 96.9 cm³/mol. The third-order valence-electron chi connectivity index (χ3n) is 3.38. The lowest BCUT2D eigenvalue weighted by Gasteiger charge is -2.12. The van der Waals surface area contributed by atoms with Crippen LogP contribution in [-0.4, -0.2) is 11.9 Å². The van der Waals surface area contributed by atoms with Crippen LogP contribution >= 0.6 is 34.8 Å². The molecule has 0 radical (unpaired) electrons. The van der Waals surface area contributed by atoms with E-state index >= 15 is 0 Å². The lowest BCUT2D eigenvalue weighted by atomic mass is 10.1. The number of benzene rings is 2. The average Bonchev–Trinajstić information content (AvgIpc) is 2.85. The molecule has 1 aliphatic rings. The van der Waals surface area contributed by atoms with Crippen LogP contribution < -0.4 is 15.4 Å². The van der Waals surface area contributed by atoms with Gasteiger partial charge >= 0.3 is 6.03 Å². The molecule has 5 nitrogen and oxygen atoms in total. The standard InChI is InChI=1S/C17H11Cl3N2O3/c18-11-4-2-1-3-10(11)8-25-15-12(19)5-9(6-13(15)20)7-14-16(23)22-17(24)21-14/h1-7H,8H2,(H2,21,22,23,24)/b14-7+. The SMILES string of the molecule is O=C1NC(=O)/C(=C\c2cc(Cl)c(OCc3ccccc3Cl)c(Cl)c2)N1. The minimum absolute atomic E-state index is 0.113. The zero-order valence-electron chi connectivity index (χ0n) is 12.6. The normalized spacial score (nSPS) is 15.2. The Hall–Kier alpha value is -2.21. The number of hydrogen-bond acceptors (Lipinski definition) is 3. The van der Waals surface area contributed by atoms with Gasteiger partial charge in [-0.2, -0.15) is 0 Å². The zero-order chi connectivity index (χ0) is 18.0. The number of ether oxygens (including phenoxy) is 1. The maximum absolute atomic E-state index is 11.6. The van der Waals surface area contributed by atoms with Crippen molar-refractivity contribution < 1.29 is 14.3 Å². The summed E-state index contributed by atoms with van der Waals surface area (Å²) in [6.45, 7) is 0.206. The Kier molecular flexibility index (Phi) is 5.18. The first-order valence-corrected chi connectivity index (χ1v) is 8.26. The molecule has 3 amide bonds. The van der Waals surface area contributed by atoms with Crippen LogP contribution in [0.4, 0.5) is 4.79 Å². The van der Waals surface area contributed by atoms with Crippen LogP contribution in [0.15, 0.2) is 42.1 Å². The van der Waals surface area contributed by atoms with Crippen LogP contribution in [0.3, 0.4) is 0 Å². The van der Waals surface area contributed by atoms with Crippen molar-refractivity contribution in [3.8, 4) is 5.75 Å². The highest BCUT2D eigenvalue weighted by Crippen LogP contribution is 2.35. The summed E-state index contributed by atoms with van der Waals surface area (Å²) < 4.78 is 5.68. The topological polar surface area (TPSA) is 67.4 Å². The first-order valence-electron chi connectivity index (χ1n) is 7.13. The van der Waals surface area contributed by atoms with Crippen LogP contribution in [0.25, 0.3) is 6.08 Å². The van der Waals surface area contributed by atoms with Crippen molar-refractivity contribution in [2.75, 3.05) is 0 Å². The van der Waals surface area contributed by atoms with E-state index in [1.165, 1.54) is 6.08 Å². The van der Waals surface area contributed by atoms with E-state index in [1.54, 1.807) is 18.2 Å². The third kappa shape index (κ3) is 4.07. The van der Waals surface area contributed by atoms with Gasteiger partial charge in [0.15, 0.2) is 5.75 Å². The van der Waals surface area contributed by atoms with Crippen LogP contribution in [0, 0.1) is 0 Å². The molecule has 0 unspecified atom stereocenters. The number of carbonyl (C=O) groups excluding carboxylic acids is 2. The minimum Gasteiger partial charge on any atom is -0.486 e. The Balaban J connectivity index is 1.81. The van der Waals surface area contributed by atoms with Gasteiger partial charge < -0.3 is 10.1 Å². The maximum atomic E-state index is 11.6. The Morgan fingerprint density at radius 1 is 0.960 bits per heavy atom. The van der Waals surface area contributed by atoms with E-state index in [2.05, 4.69) is 10.6 Å². The fraction of sp³-hybridized carbons (Fsp3) is 0.0588. The van der Waals surface area contributed by atoms with Gasteiger partial charge in [0.05, 0.1) is 10.0 Å². The van der Waals surface area contributed by atoms with Crippen LogP contribution in [0.5, 0.6) is 5.75 Å². The van der Waals surface area contributed by atoms with Gasteiger partial charge in [0.1, 0.15) is 12.3 Å². The second kappa shape index (κ2) is 7.35. The fourth-order valence-electron chi connectivity index (χ4n) is 2.22. The lowest BCUT2D eigenvalue weighted by molar-refractivity contribution is -0.115. The van der Waals surface area contributed by atoms with E-state index in [9.17, 15) is 9.59 Å². The summed E-state index contributed by atoms with van der Waals surface area (Å²) in [6.07, 6.45) is 1.47. The lowest BCUT2D eigenvalue weighted by Crippen LogP contribution is -2.22. The van der Waals surface area contributed by atoms with E-state index in [-0.39, 0.29) is 22.3 Å². The van der Waals surface area contributed by atoms with Crippen molar-refractivity contribution in [2.45, 2.75) is 6.61 Å². The highest BCUT2D eigenvalue weighted by Gasteiger charge is 2.23. The number of urea groups is 1. The summed E-state index contributed by atoms with van der Waals surface area (Å²) in [5.41, 5.74) is 1.46. The number of halogens is 3. The van der Waals surface area contributed by atoms with Gasteiger partial charge in [-0.05, 0) is 29.8 Å². The van der Waals surface area contributed by atoms with Gasteiger partial charge in [-0.15, -0.1) is 0 Å². The van der Waals surface area contributed by atoms with E-state index in [0.29, 0.717) is 16.3 Å². The van der Waals surface area contributed by atoms with Crippen LogP contribution in [0.2, 0.25) is 15.1 Å². The Bertz CT molecular complexity index is 873. The summed E-state index contributed by atoms with van der Waals surface area (Å²) in [5, 5.41) is 5.63. The number of carbonyl (C=O) groups is 2. The average molecular weight is 398 g/mol. The van der Waals surface area contributed by atoms with Crippen molar-refractivity contribution in [1.29, 1.82) is 0 Å². The van der Waals surface area contributed by atoms with Gasteiger partial charge in [0.2, 0.25) is 0 Å². The molecule has 2 N–H and O–H groups in total. The molecule has 1 heterocycles. The van der Waals surface area contributed by atoms with Crippen molar-refractivity contribution in [3.63, 3.8) is 0 Å². The van der Waals surface area contributed by atoms with Crippen LogP contribution in [-0.2, 0) is 11.4 Å². The van der Waals surface area contributed by atoms with Gasteiger partial charge in [0.25, 0.3) is 5.91 Å². The maximum Gasteiger partial charge on any atom is 0.326 e. The zero-order valence-corrected chi connectivity index (χ0v) is 14.9. The summed E-state index contributed by atoms with van der Waals surface area (Å²) in [4.78, 5) is 22.7. The van der Waals surface area contributed by atoms with E-state index in [1.807, 2.05) is 18.2 Å². The quantitative estimate of drug-likeness (QED) is 0.593. The van der Waals surface area contributed by atoms with E-state index < -0.39 is 11.9 Å². The van der Waals surface area contributed by atoms with Crippen molar-refractivity contribution in [3.05, 3.63) is 68.3 Å². The first kappa shape index (κ1) is 17.6. The van der Waals surface area contributed by atoms with Crippen molar-refractivity contribution in [1.82, 2.24) is 10.6 Å². The molecule has 128 valence electrons. The summed E-state index contributed by atoms with van der Waals surface area (Å²) >= 11 is 18.6. The second-order valence-corrected chi connectivity index (χ2v) is 6.38. The summed E-state index contributed by atoms with van der Waals surface area (Å²) in [5.74, 6) is -0.207. The highest BCUT2D eigenvalue weighted by atomic mass is 35.5. The summed E-state index contributed by atoms with van der Waals surface area (Å²) in [6, 6.07) is 9.87. The second-order valence-electron chi connectivity index (χ2n) is 5.16. The Labute approximate surface area is 158 Å². The molecule has 2 aromatic rings. The molecular formula is C17H11Cl3N2O3. The number of imide groups is 1. The molecule has 25 heavy (non-hydrogen) atoms. The number of nitrogens with one attached hydrogen (secondary N) is 2. The first-order chi connectivity index (χ1) is 11.9. The van der Waals surface area contributed by atoms with Crippen molar-refractivity contribution >= 4 is 52.8 Å². The molecule has 1 aliphatic heterocycles. The molecule has 0 bridgehead atoms. The highest BCUT2D eigenvalue weighted by molar-refractivity contribution is 6.37. The molecule has 0 aromatic heterocycles. The van der Waals surface area contributed by atoms with Gasteiger partial charge in [-0.3, -0.25) is 10.1 Å². The molecule has 0 aliphatic carbocycles. The smallest absolute Gasteiger partial charge is 0.326 e. The summed E-state index contributed by atoms with van der Waals surface area (Å²) in [7, 11) is 0. The molecule has 2 aromatic carbocycles. The minimum atomic E-state index is -0.576. The van der Waals surface area contributed by atoms with Crippen molar-refractivity contribution in [2.24, 2.45) is 0 Å². The van der Waals surface area contributed by atoms with E-state index in [4.69, 9.17) is 39.5 Å². The Morgan fingerprint density at radius 3 is 2.24 bits per heavy atom. The van der Waals surface area contributed by atoms with Crippen LogP contribution in [0.1, 0.15) is 11.1 Å². The number of rotatable bonds is 4. The largest absolute Gasteiger partial charge is 0.486 e. The molecule has 0 saturated carbocycles. The molecule has 8 heteroatoms. The van der Waals surface area contributed by atoms with Gasteiger partial charge in [-0.1, -0.05) is 53.0 Å². The molecule has 3 rings (SSSR count). The molecule has 1 saturated heterocycles. The Morgan fingerprint density at radius 2 is 1.64 bits per heavy atom.